The zero-order valence-electron chi connectivity index (χ0n) is 12.0. The lowest BCUT2D eigenvalue weighted by atomic mass is 10.0. The lowest BCUT2D eigenvalue weighted by Gasteiger charge is -2.13. The summed E-state index contributed by atoms with van der Waals surface area (Å²) in [5.41, 5.74) is 8.77. The molecule has 0 aliphatic heterocycles. The second-order valence-corrected chi connectivity index (χ2v) is 5.14. The summed E-state index contributed by atoms with van der Waals surface area (Å²) in [5, 5.41) is 12.5. The Hall–Kier alpha value is -2.33. The number of hydrogen-bond donors (Lipinski definition) is 3. The number of aryl methyl sites for hydroxylation is 1. The molecule has 0 saturated heterocycles. The molecule has 0 aromatic heterocycles. The van der Waals surface area contributed by atoms with Crippen molar-refractivity contribution in [3.63, 3.8) is 0 Å². The van der Waals surface area contributed by atoms with Gasteiger partial charge in [-0.1, -0.05) is 48.0 Å². The maximum atomic E-state index is 12.0. The quantitative estimate of drug-likeness (QED) is 0.785. The molecule has 4 nitrogen and oxygen atoms in total. The van der Waals surface area contributed by atoms with Crippen molar-refractivity contribution >= 4 is 5.91 Å². The van der Waals surface area contributed by atoms with Gasteiger partial charge in [0.15, 0.2) is 0 Å². The molecular weight excluding hydrogens is 264 g/mol. The molecular formula is C17H20N2O2. The van der Waals surface area contributed by atoms with Crippen LogP contribution < -0.4 is 11.1 Å². The number of rotatable bonds is 5. The summed E-state index contributed by atoms with van der Waals surface area (Å²) in [6.45, 7) is 2.47. The highest BCUT2D eigenvalue weighted by molar-refractivity contribution is 5.81. The summed E-state index contributed by atoms with van der Waals surface area (Å²) in [7, 11) is 0. The van der Waals surface area contributed by atoms with Crippen molar-refractivity contribution in [2.75, 3.05) is 0 Å². The number of nitrogens with one attached hydrogen (secondary N) is 1. The zero-order chi connectivity index (χ0) is 15.2. The molecule has 0 aliphatic carbocycles. The molecule has 110 valence electrons. The molecule has 21 heavy (non-hydrogen) atoms. The average molecular weight is 284 g/mol. The minimum absolute atomic E-state index is 0.166. The van der Waals surface area contributed by atoms with Gasteiger partial charge < -0.3 is 16.2 Å². The molecule has 2 aromatic rings. The van der Waals surface area contributed by atoms with Crippen LogP contribution in [0, 0.1) is 6.92 Å². The summed E-state index contributed by atoms with van der Waals surface area (Å²) in [5.74, 6) is -0.0573. The van der Waals surface area contributed by atoms with E-state index in [-0.39, 0.29) is 11.7 Å². The first-order valence-corrected chi connectivity index (χ1v) is 6.92. The zero-order valence-corrected chi connectivity index (χ0v) is 12.0. The third-order valence-corrected chi connectivity index (χ3v) is 3.36. The summed E-state index contributed by atoms with van der Waals surface area (Å²) in [4.78, 5) is 12.0. The van der Waals surface area contributed by atoms with Gasteiger partial charge in [0, 0.05) is 13.0 Å². The molecule has 4 N–H and O–H groups in total. The van der Waals surface area contributed by atoms with Gasteiger partial charge in [-0.25, -0.2) is 0 Å². The van der Waals surface area contributed by atoms with E-state index in [9.17, 15) is 9.90 Å². The number of amides is 1. The number of hydrogen-bond acceptors (Lipinski definition) is 3. The van der Waals surface area contributed by atoms with Crippen molar-refractivity contribution in [2.45, 2.75) is 25.9 Å². The molecule has 0 heterocycles. The Morgan fingerprint density at radius 3 is 2.52 bits per heavy atom. The molecule has 0 radical (unpaired) electrons. The van der Waals surface area contributed by atoms with E-state index in [1.807, 2.05) is 37.3 Å². The van der Waals surface area contributed by atoms with E-state index in [0.717, 1.165) is 5.56 Å². The normalized spacial score (nSPS) is 11.9. The highest BCUT2D eigenvalue weighted by atomic mass is 16.3. The van der Waals surface area contributed by atoms with E-state index in [1.54, 1.807) is 18.2 Å². The number of nitrogens with two attached hydrogens (primary N) is 1. The number of phenolic OH excluding ortho intramolecular Hbond substituents is 1. The van der Waals surface area contributed by atoms with Gasteiger partial charge in [-0.2, -0.15) is 0 Å². The van der Waals surface area contributed by atoms with Crippen molar-refractivity contribution in [1.29, 1.82) is 0 Å². The van der Waals surface area contributed by atoms with Gasteiger partial charge in [0.1, 0.15) is 5.75 Å². The van der Waals surface area contributed by atoms with Crippen LogP contribution in [0.2, 0.25) is 0 Å². The number of phenols is 1. The second-order valence-electron chi connectivity index (χ2n) is 5.14. The Morgan fingerprint density at radius 2 is 1.86 bits per heavy atom. The van der Waals surface area contributed by atoms with E-state index < -0.39 is 6.04 Å². The van der Waals surface area contributed by atoms with Gasteiger partial charge in [-0.05, 0) is 24.1 Å². The Bertz CT molecular complexity index is 608. The SMILES string of the molecule is Cc1ccc(CNC(=O)C(N)Cc2ccccc2O)cc1. The van der Waals surface area contributed by atoms with E-state index in [4.69, 9.17) is 5.73 Å². The lowest BCUT2D eigenvalue weighted by molar-refractivity contribution is -0.122. The molecule has 1 atom stereocenters. The van der Waals surface area contributed by atoms with Gasteiger partial charge in [0.25, 0.3) is 0 Å². The van der Waals surface area contributed by atoms with Crippen molar-refractivity contribution in [3.05, 3.63) is 65.2 Å². The van der Waals surface area contributed by atoms with Gasteiger partial charge in [-0.15, -0.1) is 0 Å². The van der Waals surface area contributed by atoms with Crippen molar-refractivity contribution in [3.8, 4) is 5.75 Å². The van der Waals surface area contributed by atoms with E-state index in [0.29, 0.717) is 18.5 Å². The van der Waals surface area contributed by atoms with Crippen molar-refractivity contribution < 1.29 is 9.90 Å². The molecule has 0 saturated carbocycles. The number of carbonyl (C=O) groups is 1. The van der Waals surface area contributed by atoms with Crippen LogP contribution in [0.5, 0.6) is 5.75 Å². The van der Waals surface area contributed by atoms with Crippen LogP contribution in [0.4, 0.5) is 0 Å². The molecule has 1 unspecified atom stereocenters. The minimum atomic E-state index is -0.677. The number of para-hydroxylation sites is 1. The maximum absolute atomic E-state index is 12.0. The molecule has 0 fully saturated rings. The summed E-state index contributed by atoms with van der Waals surface area (Å²) in [6, 6.07) is 14.2. The van der Waals surface area contributed by atoms with Crippen molar-refractivity contribution in [2.24, 2.45) is 5.73 Å². The first-order valence-electron chi connectivity index (χ1n) is 6.92. The van der Waals surface area contributed by atoms with E-state index in [2.05, 4.69) is 5.32 Å². The van der Waals surface area contributed by atoms with Gasteiger partial charge in [-0.3, -0.25) is 4.79 Å². The average Bonchev–Trinajstić information content (AvgIpc) is 2.48. The smallest absolute Gasteiger partial charge is 0.237 e. The molecule has 1 amide bonds. The topological polar surface area (TPSA) is 75.4 Å². The molecule has 2 rings (SSSR count). The molecule has 4 heteroatoms. The third kappa shape index (κ3) is 4.33. The Labute approximate surface area is 124 Å². The first kappa shape index (κ1) is 15.1. The predicted octanol–water partition coefficient (Wildman–Crippen LogP) is 1.89. The predicted molar refractivity (Wildman–Crippen MR) is 82.8 cm³/mol. The minimum Gasteiger partial charge on any atom is -0.508 e. The molecule has 0 bridgehead atoms. The largest absolute Gasteiger partial charge is 0.508 e. The fourth-order valence-corrected chi connectivity index (χ4v) is 2.04. The fourth-order valence-electron chi connectivity index (χ4n) is 2.04. The Balaban J connectivity index is 1.88. The van der Waals surface area contributed by atoms with Crippen molar-refractivity contribution in [1.82, 2.24) is 5.32 Å². The van der Waals surface area contributed by atoms with Crippen LogP contribution in [0.25, 0.3) is 0 Å². The van der Waals surface area contributed by atoms with Crippen LogP contribution in [-0.2, 0) is 17.8 Å². The standard InChI is InChI=1S/C17H20N2O2/c1-12-6-8-13(9-7-12)11-19-17(21)15(18)10-14-4-2-3-5-16(14)20/h2-9,15,20H,10-11,18H2,1H3,(H,19,21). The van der Waals surface area contributed by atoms with Crippen LogP contribution in [0.3, 0.4) is 0 Å². The van der Waals surface area contributed by atoms with Gasteiger partial charge >= 0.3 is 0 Å². The maximum Gasteiger partial charge on any atom is 0.237 e. The summed E-state index contributed by atoms with van der Waals surface area (Å²) in [6.07, 6.45) is 0.312. The third-order valence-electron chi connectivity index (χ3n) is 3.36. The van der Waals surface area contributed by atoms with Crippen LogP contribution in [0.1, 0.15) is 16.7 Å². The number of benzene rings is 2. The van der Waals surface area contributed by atoms with Gasteiger partial charge in [0.05, 0.1) is 6.04 Å². The van der Waals surface area contributed by atoms with E-state index >= 15 is 0 Å². The summed E-state index contributed by atoms with van der Waals surface area (Å²) < 4.78 is 0. The lowest BCUT2D eigenvalue weighted by Crippen LogP contribution is -2.41. The first-order chi connectivity index (χ1) is 10.1. The number of aromatic hydroxyl groups is 1. The molecule has 0 spiro atoms. The Morgan fingerprint density at radius 1 is 1.19 bits per heavy atom. The van der Waals surface area contributed by atoms with Gasteiger partial charge in [0.2, 0.25) is 5.91 Å². The number of carbonyl (C=O) groups excluding carboxylic acids is 1. The Kier molecular flexibility index (Phi) is 4.95. The summed E-state index contributed by atoms with van der Waals surface area (Å²) >= 11 is 0. The second kappa shape index (κ2) is 6.90. The van der Waals surface area contributed by atoms with Crippen LogP contribution >= 0.6 is 0 Å². The molecule has 2 aromatic carbocycles. The van der Waals surface area contributed by atoms with E-state index in [1.165, 1.54) is 5.56 Å². The fraction of sp³-hybridized carbons (Fsp3) is 0.235. The molecule has 0 aliphatic rings. The van der Waals surface area contributed by atoms with Crippen LogP contribution in [0.15, 0.2) is 48.5 Å². The monoisotopic (exact) mass is 284 g/mol. The highest BCUT2D eigenvalue weighted by Crippen LogP contribution is 2.16. The highest BCUT2D eigenvalue weighted by Gasteiger charge is 2.15. The van der Waals surface area contributed by atoms with Crippen LogP contribution in [-0.4, -0.2) is 17.1 Å².